The first kappa shape index (κ1) is 12.8. The molecule has 0 bridgehead atoms. The van der Waals surface area contributed by atoms with Crippen LogP contribution in [0.25, 0.3) is 0 Å². The highest BCUT2D eigenvalue weighted by Crippen LogP contribution is 2.29. The van der Waals surface area contributed by atoms with E-state index in [0.717, 1.165) is 11.4 Å². The Balaban J connectivity index is 2.50. The standard InChI is InChI=1S/C13H13ClFN3/c1-8-9(2)17-13(12(14)16-8)18(3)11-7-5-4-6-10(11)15/h4-7H,1-3H3. The summed E-state index contributed by atoms with van der Waals surface area (Å²) in [7, 11) is 1.71. The number of anilines is 2. The summed E-state index contributed by atoms with van der Waals surface area (Å²) < 4.78 is 13.7. The summed E-state index contributed by atoms with van der Waals surface area (Å²) >= 11 is 6.06. The van der Waals surface area contributed by atoms with Crippen molar-refractivity contribution in [2.45, 2.75) is 13.8 Å². The van der Waals surface area contributed by atoms with Crippen LogP contribution >= 0.6 is 11.6 Å². The van der Waals surface area contributed by atoms with Gasteiger partial charge < -0.3 is 4.90 Å². The number of halogens is 2. The van der Waals surface area contributed by atoms with Gasteiger partial charge in [0.15, 0.2) is 11.0 Å². The number of benzene rings is 1. The van der Waals surface area contributed by atoms with Crippen molar-refractivity contribution in [1.82, 2.24) is 9.97 Å². The average molecular weight is 266 g/mol. The van der Waals surface area contributed by atoms with Crippen molar-refractivity contribution in [2.75, 3.05) is 11.9 Å². The number of hydrogen-bond acceptors (Lipinski definition) is 3. The normalized spacial score (nSPS) is 10.5. The third kappa shape index (κ3) is 2.29. The van der Waals surface area contributed by atoms with Crippen LogP contribution in [0.3, 0.4) is 0 Å². The van der Waals surface area contributed by atoms with Gasteiger partial charge in [-0.25, -0.2) is 14.4 Å². The molecule has 94 valence electrons. The topological polar surface area (TPSA) is 29.0 Å². The molecule has 5 heteroatoms. The summed E-state index contributed by atoms with van der Waals surface area (Å²) in [6, 6.07) is 6.47. The fourth-order valence-corrected chi connectivity index (χ4v) is 1.91. The molecule has 1 aromatic heterocycles. The fourth-order valence-electron chi connectivity index (χ4n) is 1.62. The van der Waals surface area contributed by atoms with Crippen LogP contribution in [0.2, 0.25) is 5.15 Å². The summed E-state index contributed by atoms with van der Waals surface area (Å²) in [5, 5.41) is 0.267. The van der Waals surface area contributed by atoms with Gasteiger partial charge in [0.1, 0.15) is 5.82 Å². The smallest absolute Gasteiger partial charge is 0.172 e. The second-order valence-electron chi connectivity index (χ2n) is 4.02. The molecular weight excluding hydrogens is 253 g/mol. The van der Waals surface area contributed by atoms with Crippen LogP contribution in [-0.4, -0.2) is 17.0 Å². The maximum absolute atomic E-state index is 13.7. The molecular formula is C13H13ClFN3. The van der Waals surface area contributed by atoms with E-state index < -0.39 is 0 Å². The van der Waals surface area contributed by atoms with Gasteiger partial charge in [-0.05, 0) is 26.0 Å². The van der Waals surface area contributed by atoms with E-state index in [-0.39, 0.29) is 11.0 Å². The van der Waals surface area contributed by atoms with Gasteiger partial charge in [0.25, 0.3) is 0 Å². The zero-order valence-corrected chi connectivity index (χ0v) is 11.2. The van der Waals surface area contributed by atoms with Crippen LogP contribution in [0.5, 0.6) is 0 Å². The minimum absolute atomic E-state index is 0.267. The van der Waals surface area contributed by atoms with E-state index in [2.05, 4.69) is 9.97 Å². The number of rotatable bonds is 2. The molecule has 1 aromatic carbocycles. The summed E-state index contributed by atoms with van der Waals surface area (Å²) in [4.78, 5) is 10.1. The van der Waals surface area contributed by atoms with Crippen LogP contribution in [0.15, 0.2) is 24.3 Å². The van der Waals surface area contributed by atoms with Gasteiger partial charge in [0, 0.05) is 7.05 Å². The Morgan fingerprint density at radius 2 is 1.72 bits per heavy atom. The molecule has 1 heterocycles. The molecule has 0 amide bonds. The molecule has 0 unspecified atom stereocenters. The Morgan fingerprint density at radius 1 is 1.11 bits per heavy atom. The molecule has 0 saturated heterocycles. The molecule has 0 aliphatic rings. The van der Waals surface area contributed by atoms with Crippen molar-refractivity contribution >= 4 is 23.1 Å². The average Bonchev–Trinajstić information content (AvgIpc) is 2.33. The zero-order valence-electron chi connectivity index (χ0n) is 10.4. The van der Waals surface area contributed by atoms with E-state index in [1.54, 1.807) is 30.1 Å². The molecule has 18 heavy (non-hydrogen) atoms. The number of hydrogen-bond donors (Lipinski definition) is 0. The van der Waals surface area contributed by atoms with E-state index in [9.17, 15) is 4.39 Å². The van der Waals surface area contributed by atoms with Gasteiger partial charge in [-0.15, -0.1) is 0 Å². The van der Waals surface area contributed by atoms with Gasteiger partial charge >= 0.3 is 0 Å². The Morgan fingerprint density at radius 3 is 2.39 bits per heavy atom. The van der Waals surface area contributed by atoms with Crippen molar-refractivity contribution in [1.29, 1.82) is 0 Å². The first-order valence-corrected chi connectivity index (χ1v) is 5.87. The van der Waals surface area contributed by atoms with Crippen molar-refractivity contribution < 1.29 is 4.39 Å². The second kappa shape index (κ2) is 4.90. The number of aromatic nitrogens is 2. The Bertz CT molecular complexity index is 586. The minimum atomic E-state index is -0.323. The highest BCUT2D eigenvalue weighted by molar-refractivity contribution is 6.31. The van der Waals surface area contributed by atoms with Crippen molar-refractivity contribution in [3.8, 4) is 0 Å². The van der Waals surface area contributed by atoms with Crippen LogP contribution in [-0.2, 0) is 0 Å². The van der Waals surface area contributed by atoms with Crippen LogP contribution in [0.4, 0.5) is 15.9 Å². The minimum Gasteiger partial charge on any atom is -0.324 e. The Hall–Kier alpha value is -1.68. The lowest BCUT2D eigenvalue weighted by atomic mass is 10.3. The molecule has 0 saturated carbocycles. The van der Waals surface area contributed by atoms with E-state index >= 15 is 0 Å². The van der Waals surface area contributed by atoms with Gasteiger partial charge in [-0.3, -0.25) is 0 Å². The van der Waals surface area contributed by atoms with Gasteiger partial charge in [0.2, 0.25) is 0 Å². The molecule has 0 aliphatic heterocycles. The van der Waals surface area contributed by atoms with E-state index in [1.807, 2.05) is 13.8 Å². The lowest BCUT2D eigenvalue weighted by Gasteiger charge is -2.20. The Kier molecular flexibility index (Phi) is 3.48. The second-order valence-corrected chi connectivity index (χ2v) is 4.38. The largest absolute Gasteiger partial charge is 0.324 e. The van der Waals surface area contributed by atoms with E-state index in [1.165, 1.54) is 6.07 Å². The lowest BCUT2D eigenvalue weighted by molar-refractivity contribution is 0.627. The molecule has 0 spiro atoms. The molecule has 0 radical (unpaired) electrons. The number of para-hydroxylation sites is 1. The molecule has 0 atom stereocenters. The summed E-state index contributed by atoms with van der Waals surface area (Å²) in [5.41, 5.74) is 1.96. The van der Waals surface area contributed by atoms with Crippen LogP contribution in [0.1, 0.15) is 11.4 Å². The van der Waals surface area contributed by atoms with Crippen molar-refractivity contribution in [3.05, 3.63) is 46.6 Å². The molecule has 0 N–H and O–H groups in total. The third-order valence-corrected chi connectivity index (χ3v) is 3.03. The van der Waals surface area contributed by atoms with E-state index in [0.29, 0.717) is 11.5 Å². The zero-order chi connectivity index (χ0) is 13.3. The number of aryl methyl sites for hydroxylation is 2. The summed E-state index contributed by atoms with van der Waals surface area (Å²) in [6.07, 6.45) is 0. The van der Waals surface area contributed by atoms with E-state index in [4.69, 9.17) is 11.6 Å². The lowest BCUT2D eigenvalue weighted by Crippen LogP contribution is -2.15. The summed E-state index contributed by atoms with van der Waals surface area (Å²) in [6.45, 7) is 3.68. The quantitative estimate of drug-likeness (QED) is 0.830. The summed E-state index contributed by atoms with van der Waals surface area (Å²) in [5.74, 6) is 0.126. The van der Waals surface area contributed by atoms with Crippen molar-refractivity contribution in [3.63, 3.8) is 0 Å². The highest BCUT2D eigenvalue weighted by atomic mass is 35.5. The molecule has 3 nitrogen and oxygen atoms in total. The van der Waals surface area contributed by atoms with Gasteiger partial charge in [0.05, 0.1) is 17.1 Å². The first-order chi connectivity index (χ1) is 8.50. The SMILES string of the molecule is Cc1nc(Cl)c(N(C)c2ccccc2F)nc1C. The molecule has 0 aliphatic carbocycles. The van der Waals surface area contributed by atoms with Gasteiger partial charge in [-0.2, -0.15) is 0 Å². The van der Waals surface area contributed by atoms with Crippen LogP contribution in [0, 0.1) is 19.7 Å². The molecule has 2 aromatic rings. The monoisotopic (exact) mass is 265 g/mol. The maximum Gasteiger partial charge on any atom is 0.172 e. The fraction of sp³-hybridized carbons (Fsp3) is 0.231. The predicted molar refractivity (Wildman–Crippen MR) is 71.0 cm³/mol. The van der Waals surface area contributed by atoms with Crippen LogP contribution < -0.4 is 4.90 Å². The molecule has 2 rings (SSSR count). The number of nitrogens with zero attached hydrogens (tertiary/aromatic N) is 3. The Labute approximate surface area is 110 Å². The third-order valence-electron chi connectivity index (χ3n) is 2.78. The first-order valence-electron chi connectivity index (χ1n) is 5.49. The predicted octanol–water partition coefficient (Wildman–Crippen LogP) is 3.65. The van der Waals surface area contributed by atoms with Crippen molar-refractivity contribution in [2.24, 2.45) is 0 Å². The van der Waals surface area contributed by atoms with Gasteiger partial charge in [-0.1, -0.05) is 23.7 Å². The maximum atomic E-state index is 13.7. The molecule has 0 fully saturated rings. The highest BCUT2D eigenvalue weighted by Gasteiger charge is 2.15.